The van der Waals surface area contributed by atoms with Crippen molar-refractivity contribution in [3.8, 4) is 0 Å². The predicted molar refractivity (Wildman–Crippen MR) is 71.6 cm³/mol. The number of nitrogens with one attached hydrogen (secondary N) is 1. The van der Waals surface area contributed by atoms with Crippen molar-refractivity contribution in [2.75, 3.05) is 12.3 Å². The van der Waals surface area contributed by atoms with Gasteiger partial charge in [-0.3, -0.25) is 4.79 Å². The Kier molecular flexibility index (Phi) is 4.19. The molecule has 1 aromatic heterocycles. The molecule has 1 heterocycles. The van der Waals surface area contributed by atoms with Gasteiger partial charge < -0.3 is 16.2 Å². The molecule has 0 radical (unpaired) electrons. The summed E-state index contributed by atoms with van der Waals surface area (Å²) in [6, 6.07) is 0. The summed E-state index contributed by atoms with van der Waals surface area (Å²) < 4.78 is 0. The molecule has 5 nitrogen and oxygen atoms in total. The fourth-order valence-electron chi connectivity index (χ4n) is 2.36. The molecule has 0 spiro atoms. The molecule has 100 valence electrons. The van der Waals surface area contributed by atoms with Gasteiger partial charge in [-0.25, -0.2) is 4.98 Å². The van der Waals surface area contributed by atoms with Crippen LogP contribution in [0.1, 0.15) is 41.0 Å². The highest BCUT2D eigenvalue weighted by molar-refractivity contribution is 7.17. The summed E-state index contributed by atoms with van der Waals surface area (Å²) in [5.74, 6) is 0.0350. The Morgan fingerprint density at radius 2 is 2.28 bits per heavy atom. The van der Waals surface area contributed by atoms with E-state index in [-0.39, 0.29) is 17.9 Å². The van der Waals surface area contributed by atoms with E-state index in [0.29, 0.717) is 22.2 Å². The zero-order valence-electron chi connectivity index (χ0n) is 10.5. The van der Waals surface area contributed by atoms with Crippen LogP contribution in [0.2, 0.25) is 0 Å². The Morgan fingerprint density at radius 3 is 2.89 bits per heavy atom. The van der Waals surface area contributed by atoms with E-state index in [1.807, 2.05) is 0 Å². The lowest BCUT2D eigenvalue weighted by Gasteiger charge is -2.27. The number of anilines is 1. The van der Waals surface area contributed by atoms with Gasteiger partial charge in [-0.05, 0) is 19.8 Å². The van der Waals surface area contributed by atoms with Crippen molar-refractivity contribution in [3.05, 3.63) is 10.6 Å². The summed E-state index contributed by atoms with van der Waals surface area (Å²) in [7, 11) is 0. The molecule has 2 rings (SSSR count). The first-order valence-electron chi connectivity index (χ1n) is 6.27. The van der Waals surface area contributed by atoms with Crippen LogP contribution in [0.3, 0.4) is 0 Å². The fraction of sp³-hybridized carbons (Fsp3) is 0.667. The highest BCUT2D eigenvalue weighted by atomic mass is 32.1. The van der Waals surface area contributed by atoms with E-state index >= 15 is 0 Å². The van der Waals surface area contributed by atoms with Gasteiger partial charge in [0.2, 0.25) is 0 Å². The molecule has 1 saturated carbocycles. The number of amides is 1. The molecule has 0 aliphatic heterocycles. The quantitative estimate of drug-likeness (QED) is 0.772. The number of nitrogen functional groups attached to an aromatic ring is 1. The summed E-state index contributed by atoms with van der Waals surface area (Å²) >= 11 is 1.20. The number of aromatic nitrogens is 1. The smallest absolute Gasteiger partial charge is 0.263 e. The van der Waals surface area contributed by atoms with E-state index in [0.717, 1.165) is 25.7 Å². The minimum Gasteiger partial charge on any atom is -0.393 e. The zero-order valence-corrected chi connectivity index (χ0v) is 11.3. The Labute approximate surface area is 110 Å². The normalized spacial score (nSPS) is 23.9. The molecule has 4 N–H and O–H groups in total. The molecule has 1 aromatic rings. The van der Waals surface area contributed by atoms with Crippen LogP contribution in [0.15, 0.2) is 0 Å². The topological polar surface area (TPSA) is 88.2 Å². The number of aliphatic hydroxyl groups excluding tert-OH is 1. The van der Waals surface area contributed by atoms with Crippen molar-refractivity contribution >= 4 is 22.4 Å². The van der Waals surface area contributed by atoms with E-state index in [4.69, 9.17) is 5.73 Å². The number of thiazole rings is 1. The third-order valence-electron chi connectivity index (χ3n) is 3.41. The van der Waals surface area contributed by atoms with Crippen LogP contribution >= 0.6 is 11.3 Å². The monoisotopic (exact) mass is 269 g/mol. The van der Waals surface area contributed by atoms with Gasteiger partial charge >= 0.3 is 0 Å². The number of aryl methyl sites for hydroxylation is 1. The molecular weight excluding hydrogens is 250 g/mol. The van der Waals surface area contributed by atoms with E-state index in [1.54, 1.807) is 6.92 Å². The third-order valence-corrected chi connectivity index (χ3v) is 4.40. The molecule has 1 aliphatic rings. The van der Waals surface area contributed by atoms with Crippen LogP contribution in [0, 0.1) is 12.8 Å². The van der Waals surface area contributed by atoms with Crippen LogP contribution < -0.4 is 11.1 Å². The van der Waals surface area contributed by atoms with Crippen molar-refractivity contribution < 1.29 is 9.90 Å². The molecule has 1 fully saturated rings. The first-order chi connectivity index (χ1) is 8.58. The molecule has 0 saturated heterocycles. The maximum Gasteiger partial charge on any atom is 0.263 e. The van der Waals surface area contributed by atoms with Crippen LogP contribution in [-0.2, 0) is 0 Å². The van der Waals surface area contributed by atoms with Gasteiger partial charge in [-0.1, -0.05) is 24.2 Å². The molecule has 18 heavy (non-hydrogen) atoms. The lowest BCUT2D eigenvalue weighted by atomic mass is 9.86. The molecule has 2 atom stereocenters. The molecule has 1 amide bonds. The molecule has 0 bridgehead atoms. The highest BCUT2D eigenvalue weighted by Gasteiger charge is 2.24. The van der Waals surface area contributed by atoms with Gasteiger partial charge in [0.25, 0.3) is 5.91 Å². The number of carbonyl (C=O) groups excluding carboxylic acids is 1. The van der Waals surface area contributed by atoms with Crippen molar-refractivity contribution in [1.29, 1.82) is 0 Å². The van der Waals surface area contributed by atoms with Gasteiger partial charge in [0, 0.05) is 12.5 Å². The van der Waals surface area contributed by atoms with E-state index < -0.39 is 0 Å². The van der Waals surface area contributed by atoms with Gasteiger partial charge in [0.15, 0.2) is 5.13 Å². The Bertz CT molecular complexity index is 433. The standard InChI is InChI=1S/C12H19N3O2S/c1-7-10(18-12(13)15-7)11(17)14-6-8-4-2-3-5-9(8)16/h8-9,16H,2-6H2,1H3,(H2,13,15)(H,14,17). The number of aliphatic hydroxyl groups is 1. The van der Waals surface area contributed by atoms with Crippen molar-refractivity contribution in [2.45, 2.75) is 38.7 Å². The number of hydrogen-bond acceptors (Lipinski definition) is 5. The maximum atomic E-state index is 12.0. The third kappa shape index (κ3) is 3.00. The summed E-state index contributed by atoms with van der Waals surface area (Å²) in [4.78, 5) is 16.5. The molecular formula is C12H19N3O2S. The second kappa shape index (κ2) is 5.67. The predicted octanol–water partition coefficient (Wildman–Crippen LogP) is 1.31. The average Bonchev–Trinajstić information content (AvgIpc) is 2.67. The van der Waals surface area contributed by atoms with Crippen LogP contribution in [0.25, 0.3) is 0 Å². The Morgan fingerprint density at radius 1 is 1.56 bits per heavy atom. The second-order valence-electron chi connectivity index (χ2n) is 4.79. The highest BCUT2D eigenvalue weighted by Crippen LogP contribution is 2.24. The van der Waals surface area contributed by atoms with Gasteiger partial charge in [0.05, 0.1) is 11.8 Å². The number of carbonyl (C=O) groups is 1. The zero-order chi connectivity index (χ0) is 13.1. The Hall–Kier alpha value is -1.14. The second-order valence-corrected chi connectivity index (χ2v) is 5.82. The summed E-state index contributed by atoms with van der Waals surface area (Å²) in [6.45, 7) is 2.30. The average molecular weight is 269 g/mol. The van der Waals surface area contributed by atoms with Crippen LogP contribution in [0.5, 0.6) is 0 Å². The number of hydrogen-bond donors (Lipinski definition) is 3. The molecule has 2 unspecified atom stereocenters. The summed E-state index contributed by atoms with van der Waals surface area (Å²) in [5.41, 5.74) is 6.23. The molecule has 1 aliphatic carbocycles. The lowest BCUT2D eigenvalue weighted by Crippen LogP contribution is -2.36. The van der Waals surface area contributed by atoms with Gasteiger partial charge in [-0.15, -0.1) is 0 Å². The lowest BCUT2D eigenvalue weighted by molar-refractivity contribution is 0.0664. The molecule has 0 aromatic carbocycles. The number of nitrogens with zero attached hydrogens (tertiary/aromatic N) is 1. The van der Waals surface area contributed by atoms with E-state index in [2.05, 4.69) is 10.3 Å². The first-order valence-corrected chi connectivity index (χ1v) is 7.08. The van der Waals surface area contributed by atoms with Gasteiger partial charge in [0.1, 0.15) is 4.88 Å². The molecule has 6 heteroatoms. The van der Waals surface area contributed by atoms with Crippen molar-refractivity contribution in [3.63, 3.8) is 0 Å². The summed E-state index contributed by atoms with van der Waals surface area (Å²) in [6.07, 6.45) is 3.74. The van der Waals surface area contributed by atoms with Crippen LogP contribution in [-0.4, -0.2) is 28.6 Å². The van der Waals surface area contributed by atoms with Crippen molar-refractivity contribution in [1.82, 2.24) is 10.3 Å². The maximum absolute atomic E-state index is 12.0. The first kappa shape index (κ1) is 13.3. The number of rotatable bonds is 3. The van der Waals surface area contributed by atoms with E-state index in [9.17, 15) is 9.90 Å². The minimum atomic E-state index is -0.285. The largest absolute Gasteiger partial charge is 0.393 e. The van der Waals surface area contributed by atoms with Crippen molar-refractivity contribution in [2.24, 2.45) is 5.92 Å². The van der Waals surface area contributed by atoms with E-state index in [1.165, 1.54) is 11.3 Å². The summed E-state index contributed by atoms with van der Waals surface area (Å²) in [5, 5.41) is 13.1. The van der Waals surface area contributed by atoms with Gasteiger partial charge in [-0.2, -0.15) is 0 Å². The fourth-order valence-corrected chi connectivity index (χ4v) is 3.11. The SMILES string of the molecule is Cc1nc(N)sc1C(=O)NCC1CCCCC1O. The Balaban J connectivity index is 1.90. The minimum absolute atomic E-state index is 0.139. The number of nitrogens with two attached hydrogens (primary N) is 1. The van der Waals surface area contributed by atoms with Crippen LogP contribution in [0.4, 0.5) is 5.13 Å².